The van der Waals surface area contributed by atoms with E-state index in [9.17, 15) is 39.3 Å². The predicted molar refractivity (Wildman–Crippen MR) is 87.7 cm³/mol. The maximum absolute atomic E-state index is 13.1. The van der Waals surface area contributed by atoms with Crippen molar-refractivity contribution < 1.29 is 60.5 Å². The van der Waals surface area contributed by atoms with Crippen molar-refractivity contribution in [1.29, 1.82) is 0 Å². The van der Waals surface area contributed by atoms with Crippen LogP contribution in [0.4, 0.5) is 26.3 Å². The van der Waals surface area contributed by atoms with E-state index in [0.717, 1.165) is 0 Å². The highest BCUT2D eigenvalue weighted by Gasteiger charge is 2.76. The van der Waals surface area contributed by atoms with Gasteiger partial charge in [-0.3, -0.25) is 0 Å². The van der Waals surface area contributed by atoms with E-state index in [1.165, 1.54) is 7.14 Å². The summed E-state index contributed by atoms with van der Waals surface area (Å²) in [6.45, 7) is 0. The van der Waals surface area contributed by atoms with Gasteiger partial charge in [0.2, 0.25) is 0 Å². The largest absolute Gasteiger partial charge is 0.745 e. The summed E-state index contributed by atoms with van der Waals surface area (Å²) >= 11 is 0.0287. The van der Waals surface area contributed by atoms with Crippen molar-refractivity contribution in [3.63, 3.8) is 0 Å². The average Bonchev–Trinajstić information content (AvgIpc) is 2.65. The molecule has 0 fully saturated rings. The summed E-state index contributed by atoms with van der Waals surface area (Å²) in [7, 11) is -6.43. The topological polar surface area (TPSA) is 57.2 Å². The van der Waals surface area contributed by atoms with Crippen LogP contribution < -0.4 is 21.2 Å². The average molecular weight is 550 g/mol. The van der Waals surface area contributed by atoms with Crippen LogP contribution in [0.25, 0.3) is 0 Å². The zero-order valence-electron chi connectivity index (χ0n) is 14.3. The summed E-state index contributed by atoms with van der Waals surface area (Å²) in [5.41, 5.74) is 0. The molecule has 0 saturated heterocycles. The lowest BCUT2D eigenvalue weighted by Gasteiger charge is -2.40. The molecule has 3 rings (SSSR count). The molecule has 0 heterocycles. The first-order chi connectivity index (χ1) is 13.3. The van der Waals surface area contributed by atoms with Crippen LogP contribution in [0, 0.1) is 7.14 Å². The zero-order chi connectivity index (χ0) is 21.9. The Bertz CT molecular complexity index is 917. The van der Waals surface area contributed by atoms with Gasteiger partial charge in [-0.2, -0.15) is 17.6 Å². The molecular formula is C18H13F6IO3S. The van der Waals surface area contributed by atoms with Crippen molar-refractivity contribution in [2.24, 2.45) is 0 Å². The maximum atomic E-state index is 13.1. The van der Waals surface area contributed by atoms with Crippen LogP contribution >= 0.6 is 0 Å². The molecule has 11 heteroatoms. The monoisotopic (exact) mass is 550 g/mol. The number of allylic oxidation sites excluding steroid dienone is 1. The fourth-order valence-corrected chi connectivity index (χ4v) is 5.12. The minimum Gasteiger partial charge on any atom is -0.745 e. The lowest BCUT2D eigenvalue weighted by atomic mass is 9.95. The van der Waals surface area contributed by atoms with Crippen LogP contribution in [-0.4, -0.2) is 36.0 Å². The normalized spacial score (nSPS) is 25.0. The first-order valence-electron chi connectivity index (χ1n) is 7.81. The molecule has 29 heavy (non-hydrogen) atoms. The smallest absolute Gasteiger partial charge is 0.363 e. The molecule has 2 aromatic rings. The van der Waals surface area contributed by atoms with Gasteiger partial charge < -0.3 is 4.55 Å². The van der Waals surface area contributed by atoms with E-state index in [-0.39, 0.29) is 21.2 Å². The van der Waals surface area contributed by atoms with Gasteiger partial charge in [-0.05, 0) is 36.4 Å². The molecule has 0 radical (unpaired) electrons. The Morgan fingerprint density at radius 1 is 0.828 bits per heavy atom. The van der Waals surface area contributed by atoms with E-state index < -0.39 is 45.3 Å². The third-order valence-corrected chi connectivity index (χ3v) is 7.53. The minimum absolute atomic E-state index is 0.0287. The molecule has 1 aliphatic rings. The summed E-state index contributed by atoms with van der Waals surface area (Å²) in [5, 5.41) is -5.16. The van der Waals surface area contributed by atoms with Gasteiger partial charge in [0.1, 0.15) is 10.1 Å². The quantitative estimate of drug-likeness (QED) is 0.250. The van der Waals surface area contributed by atoms with E-state index in [4.69, 9.17) is 0 Å². The Kier molecular flexibility index (Phi) is 7.05. The van der Waals surface area contributed by atoms with E-state index in [1.807, 2.05) is 0 Å². The number of rotatable bonds is 3. The molecule has 2 atom stereocenters. The lowest BCUT2D eigenvalue weighted by Crippen LogP contribution is -3.61. The Morgan fingerprint density at radius 2 is 1.24 bits per heavy atom. The molecule has 3 nitrogen and oxygen atoms in total. The summed E-state index contributed by atoms with van der Waals surface area (Å²) in [5.74, 6) is -11.6. The zero-order valence-corrected chi connectivity index (χ0v) is 17.3. The summed E-state index contributed by atoms with van der Waals surface area (Å²) in [6, 6.07) is 21.4. The van der Waals surface area contributed by atoms with Gasteiger partial charge in [-0.25, -0.2) is 17.2 Å². The van der Waals surface area contributed by atoms with Crippen molar-refractivity contribution in [2.75, 3.05) is 0 Å². The fraction of sp³-hybridized carbons (Fsp3) is 0.222. The molecular weight excluding hydrogens is 537 g/mol. The number of hydrogen-bond donors (Lipinski definition) is 0. The second kappa shape index (κ2) is 8.64. The van der Waals surface area contributed by atoms with Crippen LogP contribution in [0.2, 0.25) is 0 Å². The molecule has 0 aliphatic heterocycles. The Labute approximate surface area is 173 Å². The molecule has 158 valence electrons. The second-order valence-electron chi connectivity index (χ2n) is 5.74. The Hall–Kier alpha value is -1.60. The summed E-state index contributed by atoms with van der Waals surface area (Å²) < 4.78 is 110. The Balaban J connectivity index is 0.000000211. The number of alkyl halides is 6. The van der Waals surface area contributed by atoms with Crippen LogP contribution in [-0.2, 0) is 10.1 Å². The highest BCUT2D eigenvalue weighted by Crippen LogP contribution is 2.52. The van der Waals surface area contributed by atoms with Crippen molar-refractivity contribution in [3.05, 3.63) is 80.0 Å². The van der Waals surface area contributed by atoms with Crippen LogP contribution in [0.15, 0.2) is 72.8 Å². The second-order valence-corrected chi connectivity index (χ2v) is 10.3. The molecule has 2 aromatic carbocycles. The first-order valence-corrected chi connectivity index (χ1v) is 11.4. The van der Waals surface area contributed by atoms with Crippen molar-refractivity contribution in [1.82, 2.24) is 0 Å². The van der Waals surface area contributed by atoms with Gasteiger partial charge in [0, 0.05) is 0 Å². The van der Waals surface area contributed by atoms with Gasteiger partial charge >= 0.3 is 33.1 Å². The third-order valence-electron chi connectivity index (χ3n) is 3.72. The predicted octanol–water partition coefficient (Wildman–Crippen LogP) is 1.19. The van der Waals surface area contributed by atoms with E-state index >= 15 is 0 Å². The molecule has 0 bridgehead atoms. The molecule has 0 aromatic heterocycles. The van der Waals surface area contributed by atoms with Crippen molar-refractivity contribution in [2.45, 2.75) is 23.0 Å². The van der Waals surface area contributed by atoms with Gasteiger partial charge in [-0.15, -0.1) is 0 Å². The van der Waals surface area contributed by atoms with Crippen molar-refractivity contribution >= 4 is 10.1 Å². The lowest BCUT2D eigenvalue weighted by molar-refractivity contribution is -0.597. The minimum atomic E-state index is -6.43. The van der Waals surface area contributed by atoms with Gasteiger partial charge in [0.25, 0.3) is 5.00 Å². The van der Waals surface area contributed by atoms with Gasteiger partial charge in [0.15, 0.2) is 13.3 Å². The standard InChI is InChI=1S/C12H10I.C6H4F6O3S/c1-3-7-11(8-4-1)13-12-9-5-2-6-10-12;7-3-1-2-4(8,16(13,14)15)6(11,12)5(3,9)10/h1-10H;1-3H,(H,13,14,15)/q+1;/p-1. The fourth-order valence-electron chi connectivity index (χ4n) is 2.16. The van der Waals surface area contributed by atoms with Crippen molar-refractivity contribution in [3.8, 4) is 0 Å². The van der Waals surface area contributed by atoms with Crippen LogP contribution in [0.5, 0.6) is 0 Å². The molecule has 0 saturated carbocycles. The summed E-state index contributed by atoms with van der Waals surface area (Å²) in [6.07, 6.45) is -4.70. The van der Waals surface area contributed by atoms with Gasteiger partial charge in [-0.1, -0.05) is 36.4 Å². The number of benzene rings is 2. The summed E-state index contributed by atoms with van der Waals surface area (Å²) in [4.78, 5) is 0. The number of hydrogen-bond acceptors (Lipinski definition) is 3. The molecule has 0 amide bonds. The third kappa shape index (κ3) is 4.77. The molecule has 1 aliphatic carbocycles. The van der Waals surface area contributed by atoms with E-state index in [2.05, 4.69) is 60.7 Å². The SMILES string of the molecule is O=S(=O)([O-])C1(F)C=CC(F)C(F)(F)C1(F)F.c1ccc([I+]c2ccccc2)cc1. The highest BCUT2D eigenvalue weighted by molar-refractivity contribution is 7.87. The van der Waals surface area contributed by atoms with E-state index in [0.29, 0.717) is 0 Å². The maximum Gasteiger partial charge on any atom is 0.363 e. The molecule has 2 unspecified atom stereocenters. The molecule has 0 N–H and O–H groups in total. The highest BCUT2D eigenvalue weighted by atomic mass is 127. The van der Waals surface area contributed by atoms with E-state index in [1.54, 1.807) is 0 Å². The van der Waals surface area contributed by atoms with Crippen LogP contribution in [0.3, 0.4) is 0 Å². The molecule has 0 spiro atoms. The number of halogens is 7. The first kappa shape index (κ1) is 23.7. The van der Waals surface area contributed by atoms with Gasteiger partial charge in [0.05, 0.1) is 0 Å². The van der Waals surface area contributed by atoms with Crippen LogP contribution in [0.1, 0.15) is 0 Å². The Morgan fingerprint density at radius 3 is 1.62 bits per heavy atom.